The largest absolute Gasteiger partial charge is 0.505 e. The minimum atomic E-state index is -0.757. The van der Waals surface area contributed by atoms with Crippen LogP contribution < -0.4 is 10.6 Å². The van der Waals surface area contributed by atoms with E-state index in [2.05, 4.69) is 20.0 Å². The highest BCUT2D eigenvalue weighted by atomic mass is 19.1. The second-order valence-corrected chi connectivity index (χ2v) is 7.87. The van der Waals surface area contributed by atoms with Crippen molar-refractivity contribution in [3.8, 4) is 11.5 Å². The number of phenols is 1. The molecule has 1 fully saturated rings. The molecular weight excluding hydrogens is 453 g/mol. The molecule has 2 heterocycles. The molecule has 0 spiro atoms. The Morgan fingerprint density at radius 2 is 1.97 bits per heavy atom. The standard InChI is InChI=1S/C25H28FN5O4/c26-21-16-19(2-6-25(21)32)28-17-24(30-27)23-4-1-18-15-20(3-5-22(18)29-23)35-14-13-34-12-9-31-7-10-33-11-8-31/h1-6,15-17,32H,7-14,27H2. The molecule has 0 aliphatic carbocycles. The molecule has 0 amide bonds. The quantitative estimate of drug-likeness (QED) is 0.198. The monoisotopic (exact) mass is 481 g/mol. The van der Waals surface area contributed by atoms with Crippen molar-refractivity contribution in [1.82, 2.24) is 9.88 Å². The molecule has 0 saturated carbocycles. The Hall–Kier alpha value is -3.60. The maximum atomic E-state index is 13.5. The van der Waals surface area contributed by atoms with Crippen LogP contribution in [0.4, 0.5) is 10.1 Å². The summed E-state index contributed by atoms with van der Waals surface area (Å²) in [6.45, 7) is 6.03. The molecule has 1 aliphatic heterocycles. The predicted octanol–water partition coefficient (Wildman–Crippen LogP) is 2.87. The third kappa shape index (κ3) is 6.95. The number of hydrazone groups is 1. The van der Waals surface area contributed by atoms with Gasteiger partial charge >= 0.3 is 0 Å². The molecule has 35 heavy (non-hydrogen) atoms. The summed E-state index contributed by atoms with van der Waals surface area (Å²) in [7, 11) is 0. The SMILES string of the molecule is NN=C(C=Nc1ccc(O)c(F)c1)c1ccc2cc(OCCOCCN3CCOCC3)ccc2n1. The van der Waals surface area contributed by atoms with E-state index in [0.29, 0.717) is 36.9 Å². The van der Waals surface area contributed by atoms with Gasteiger partial charge in [0.15, 0.2) is 11.6 Å². The Morgan fingerprint density at radius 1 is 1.11 bits per heavy atom. The van der Waals surface area contributed by atoms with Gasteiger partial charge in [-0.25, -0.2) is 9.37 Å². The number of ether oxygens (including phenoxy) is 3. The van der Waals surface area contributed by atoms with Crippen LogP contribution in [0.5, 0.6) is 11.5 Å². The van der Waals surface area contributed by atoms with Crippen LogP contribution in [0.3, 0.4) is 0 Å². The first-order chi connectivity index (χ1) is 17.1. The van der Waals surface area contributed by atoms with Crippen molar-refractivity contribution in [2.45, 2.75) is 0 Å². The number of pyridine rings is 1. The number of morpholine rings is 1. The molecule has 4 rings (SSSR count). The Kier molecular flexibility index (Phi) is 8.55. The lowest BCUT2D eigenvalue weighted by molar-refractivity contribution is 0.0170. The smallest absolute Gasteiger partial charge is 0.166 e. The first-order valence-corrected chi connectivity index (χ1v) is 11.3. The van der Waals surface area contributed by atoms with Gasteiger partial charge in [-0.3, -0.25) is 9.89 Å². The van der Waals surface area contributed by atoms with Gasteiger partial charge in [0.25, 0.3) is 0 Å². The summed E-state index contributed by atoms with van der Waals surface area (Å²) in [5.41, 5.74) is 1.90. The zero-order chi connectivity index (χ0) is 24.5. The van der Waals surface area contributed by atoms with Gasteiger partial charge in [0.1, 0.15) is 18.1 Å². The van der Waals surface area contributed by atoms with Crippen LogP contribution in [0.25, 0.3) is 10.9 Å². The highest BCUT2D eigenvalue weighted by molar-refractivity contribution is 6.38. The molecule has 1 aliphatic rings. The van der Waals surface area contributed by atoms with E-state index < -0.39 is 11.6 Å². The molecule has 0 atom stereocenters. The zero-order valence-electron chi connectivity index (χ0n) is 19.3. The lowest BCUT2D eigenvalue weighted by atomic mass is 10.1. The van der Waals surface area contributed by atoms with Crippen LogP contribution in [-0.4, -0.2) is 79.6 Å². The molecule has 0 unspecified atom stereocenters. The molecule has 184 valence electrons. The minimum absolute atomic E-state index is 0.314. The molecule has 2 aromatic carbocycles. The summed E-state index contributed by atoms with van der Waals surface area (Å²) >= 11 is 0. The van der Waals surface area contributed by atoms with Crippen molar-refractivity contribution >= 4 is 28.5 Å². The number of benzene rings is 2. The molecule has 3 N–H and O–H groups in total. The van der Waals surface area contributed by atoms with Gasteiger partial charge in [-0.15, -0.1) is 0 Å². The number of nitrogens with zero attached hydrogens (tertiary/aromatic N) is 4. The molecule has 1 saturated heterocycles. The summed E-state index contributed by atoms with van der Waals surface area (Å²) < 4.78 is 30.3. The molecule has 1 aromatic heterocycles. The number of fused-ring (bicyclic) bond motifs is 1. The van der Waals surface area contributed by atoms with Crippen molar-refractivity contribution in [3.05, 3.63) is 60.0 Å². The number of nitrogens with two attached hydrogens (primary N) is 1. The Labute approximate surface area is 202 Å². The van der Waals surface area contributed by atoms with E-state index in [9.17, 15) is 9.50 Å². The van der Waals surface area contributed by atoms with Gasteiger partial charge in [-0.1, -0.05) is 6.07 Å². The van der Waals surface area contributed by atoms with Crippen LogP contribution in [0.15, 0.2) is 58.6 Å². The topological polar surface area (TPSA) is 115 Å². The van der Waals surface area contributed by atoms with E-state index in [1.54, 1.807) is 6.07 Å². The fourth-order valence-electron chi connectivity index (χ4n) is 3.55. The first kappa shape index (κ1) is 24.5. The lowest BCUT2D eigenvalue weighted by Crippen LogP contribution is -2.38. The Morgan fingerprint density at radius 3 is 2.77 bits per heavy atom. The van der Waals surface area contributed by atoms with E-state index in [1.807, 2.05) is 24.3 Å². The number of aliphatic imine (C=N–C) groups is 1. The first-order valence-electron chi connectivity index (χ1n) is 11.3. The summed E-state index contributed by atoms with van der Waals surface area (Å²) in [5.74, 6) is 5.06. The summed E-state index contributed by atoms with van der Waals surface area (Å²) in [6.07, 6.45) is 1.40. The number of hydrogen-bond acceptors (Lipinski definition) is 9. The second kappa shape index (κ2) is 12.2. The number of hydrogen-bond donors (Lipinski definition) is 2. The normalized spacial score (nSPS) is 15.2. The third-order valence-corrected chi connectivity index (χ3v) is 5.48. The van der Waals surface area contributed by atoms with E-state index in [4.69, 9.17) is 20.1 Å². The number of aromatic nitrogens is 1. The van der Waals surface area contributed by atoms with Crippen LogP contribution in [-0.2, 0) is 9.47 Å². The number of aromatic hydroxyl groups is 1. The average Bonchev–Trinajstić information content (AvgIpc) is 2.89. The van der Waals surface area contributed by atoms with Gasteiger partial charge in [0.05, 0.1) is 49.5 Å². The van der Waals surface area contributed by atoms with E-state index >= 15 is 0 Å². The predicted molar refractivity (Wildman–Crippen MR) is 132 cm³/mol. The van der Waals surface area contributed by atoms with E-state index in [0.717, 1.165) is 55.6 Å². The zero-order valence-corrected chi connectivity index (χ0v) is 19.3. The van der Waals surface area contributed by atoms with E-state index in [1.165, 1.54) is 18.3 Å². The van der Waals surface area contributed by atoms with E-state index in [-0.39, 0.29) is 0 Å². The van der Waals surface area contributed by atoms with Crippen LogP contribution in [0, 0.1) is 5.82 Å². The highest BCUT2D eigenvalue weighted by Crippen LogP contribution is 2.22. The highest BCUT2D eigenvalue weighted by Gasteiger charge is 2.10. The Balaban J connectivity index is 1.30. The summed E-state index contributed by atoms with van der Waals surface area (Å²) in [4.78, 5) is 11.1. The molecule has 9 nitrogen and oxygen atoms in total. The van der Waals surface area contributed by atoms with Gasteiger partial charge < -0.3 is 25.2 Å². The summed E-state index contributed by atoms with van der Waals surface area (Å²) in [5, 5.41) is 13.9. The maximum Gasteiger partial charge on any atom is 0.166 e. The van der Waals surface area contributed by atoms with Crippen LogP contribution in [0.1, 0.15) is 5.69 Å². The minimum Gasteiger partial charge on any atom is -0.505 e. The lowest BCUT2D eigenvalue weighted by Gasteiger charge is -2.26. The third-order valence-electron chi connectivity index (χ3n) is 5.48. The molecule has 10 heteroatoms. The number of halogens is 1. The van der Waals surface area contributed by atoms with Crippen LogP contribution in [0.2, 0.25) is 0 Å². The molecule has 0 radical (unpaired) electrons. The molecule has 0 bridgehead atoms. The van der Waals surface area contributed by atoms with Crippen molar-refractivity contribution in [2.75, 3.05) is 52.7 Å². The van der Waals surface area contributed by atoms with Gasteiger partial charge in [0.2, 0.25) is 0 Å². The maximum absolute atomic E-state index is 13.5. The fourth-order valence-corrected chi connectivity index (χ4v) is 3.55. The van der Waals surface area contributed by atoms with Crippen molar-refractivity contribution in [1.29, 1.82) is 0 Å². The summed E-state index contributed by atoms with van der Waals surface area (Å²) in [6, 6.07) is 13.1. The van der Waals surface area contributed by atoms with Crippen molar-refractivity contribution in [2.24, 2.45) is 15.9 Å². The number of rotatable bonds is 10. The molecule has 3 aromatic rings. The fraction of sp³-hybridized carbons (Fsp3) is 0.320. The Bertz CT molecular complexity index is 1200. The second-order valence-electron chi connectivity index (χ2n) is 7.87. The van der Waals surface area contributed by atoms with Crippen molar-refractivity contribution < 1.29 is 23.7 Å². The molecular formula is C25H28FN5O4. The average molecular weight is 482 g/mol. The number of phenolic OH excluding ortho intramolecular Hbond substituents is 1. The van der Waals surface area contributed by atoms with Gasteiger partial charge in [0, 0.05) is 31.1 Å². The van der Waals surface area contributed by atoms with Gasteiger partial charge in [-0.05, 0) is 36.4 Å². The van der Waals surface area contributed by atoms with Crippen molar-refractivity contribution in [3.63, 3.8) is 0 Å². The van der Waals surface area contributed by atoms with Crippen LogP contribution >= 0.6 is 0 Å². The van der Waals surface area contributed by atoms with Gasteiger partial charge in [-0.2, -0.15) is 5.10 Å².